The Bertz CT molecular complexity index is 852. The molecule has 3 unspecified atom stereocenters. The largest absolute Gasteiger partial charge is 0.358 e. The van der Waals surface area contributed by atoms with Crippen molar-refractivity contribution < 1.29 is 4.79 Å². The van der Waals surface area contributed by atoms with Crippen LogP contribution in [0.3, 0.4) is 0 Å². The standard InChI is InChI=1S/C22H29N3O/c1-13-9-17(13)14-5-6-18-15(10-14)11-16-12-19(25-20(16)24-18)21(26)23-8-7-22(2,3)4/h5-6,10-11,13,17,19H,7-9,12H2,1-4H3,(H,23,26)(H,24,25). The fraction of sp³-hybridized carbons (Fsp3) is 0.545. The maximum atomic E-state index is 12.5. The van der Waals surface area contributed by atoms with E-state index in [9.17, 15) is 4.79 Å². The van der Waals surface area contributed by atoms with Crippen molar-refractivity contribution in [3.05, 3.63) is 35.4 Å². The summed E-state index contributed by atoms with van der Waals surface area (Å²) >= 11 is 0. The van der Waals surface area contributed by atoms with Gasteiger partial charge in [-0.05, 0) is 59.4 Å². The van der Waals surface area contributed by atoms with Gasteiger partial charge in [0.25, 0.3) is 0 Å². The van der Waals surface area contributed by atoms with Crippen LogP contribution in [0, 0.1) is 11.3 Å². The minimum Gasteiger partial charge on any atom is -0.358 e. The molecule has 1 aliphatic carbocycles. The first-order valence-electron chi connectivity index (χ1n) is 9.78. The molecule has 1 amide bonds. The number of hydrogen-bond acceptors (Lipinski definition) is 3. The number of pyridine rings is 1. The van der Waals surface area contributed by atoms with Gasteiger partial charge < -0.3 is 10.6 Å². The van der Waals surface area contributed by atoms with E-state index in [0.717, 1.165) is 35.8 Å². The van der Waals surface area contributed by atoms with E-state index in [1.54, 1.807) is 0 Å². The summed E-state index contributed by atoms with van der Waals surface area (Å²) in [5.74, 6) is 2.45. The van der Waals surface area contributed by atoms with Crippen LogP contribution in [0.25, 0.3) is 10.9 Å². The number of aromatic nitrogens is 1. The third-order valence-corrected chi connectivity index (χ3v) is 5.68. The van der Waals surface area contributed by atoms with E-state index in [1.807, 2.05) is 0 Å². The minimum absolute atomic E-state index is 0.0730. The number of fused-ring (bicyclic) bond motifs is 2. The molecule has 1 saturated carbocycles. The van der Waals surface area contributed by atoms with Crippen molar-refractivity contribution in [2.45, 2.75) is 58.9 Å². The van der Waals surface area contributed by atoms with Gasteiger partial charge in [-0.2, -0.15) is 0 Å². The van der Waals surface area contributed by atoms with E-state index >= 15 is 0 Å². The Morgan fingerprint density at radius 1 is 1.31 bits per heavy atom. The first-order valence-corrected chi connectivity index (χ1v) is 9.78. The van der Waals surface area contributed by atoms with Crippen molar-refractivity contribution in [1.29, 1.82) is 0 Å². The highest BCUT2D eigenvalue weighted by atomic mass is 16.2. The number of nitrogens with zero attached hydrogens (tertiary/aromatic N) is 1. The highest BCUT2D eigenvalue weighted by Crippen LogP contribution is 2.47. The fourth-order valence-electron chi connectivity index (χ4n) is 3.81. The van der Waals surface area contributed by atoms with Gasteiger partial charge in [-0.1, -0.05) is 33.8 Å². The van der Waals surface area contributed by atoms with Gasteiger partial charge in [0.15, 0.2) is 0 Å². The van der Waals surface area contributed by atoms with E-state index in [4.69, 9.17) is 4.98 Å². The highest BCUT2D eigenvalue weighted by Gasteiger charge is 2.34. The molecular formula is C22H29N3O. The van der Waals surface area contributed by atoms with Crippen LogP contribution >= 0.6 is 0 Å². The number of carbonyl (C=O) groups excluding carboxylic acids is 1. The average Bonchev–Trinajstić information content (AvgIpc) is 3.15. The maximum Gasteiger partial charge on any atom is 0.242 e. The molecule has 4 nitrogen and oxygen atoms in total. The summed E-state index contributed by atoms with van der Waals surface area (Å²) in [6.45, 7) is 9.59. The molecule has 1 aromatic heterocycles. The van der Waals surface area contributed by atoms with Crippen LogP contribution in [0.15, 0.2) is 24.3 Å². The maximum absolute atomic E-state index is 12.5. The smallest absolute Gasteiger partial charge is 0.242 e. The van der Waals surface area contributed by atoms with Crippen LogP contribution in [0.2, 0.25) is 0 Å². The Labute approximate surface area is 155 Å². The Morgan fingerprint density at radius 3 is 2.77 bits per heavy atom. The molecule has 3 atom stereocenters. The van der Waals surface area contributed by atoms with Crippen molar-refractivity contribution in [2.75, 3.05) is 11.9 Å². The lowest BCUT2D eigenvalue weighted by Gasteiger charge is -2.19. The molecule has 0 spiro atoms. The number of amides is 1. The Kier molecular flexibility index (Phi) is 4.17. The lowest BCUT2D eigenvalue weighted by molar-refractivity contribution is -0.121. The third-order valence-electron chi connectivity index (χ3n) is 5.68. The molecule has 4 heteroatoms. The number of anilines is 1. The van der Waals surface area contributed by atoms with Crippen molar-refractivity contribution >= 4 is 22.6 Å². The Balaban J connectivity index is 1.46. The molecule has 1 fully saturated rings. The summed E-state index contributed by atoms with van der Waals surface area (Å²) in [6, 6.07) is 8.62. The van der Waals surface area contributed by atoms with Gasteiger partial charge in [0.05, 0.1) is 5.52 Å². The number of carbonyl (C=O) groups is 1. The van der Waals surface area contributed by atoms with Crippen molar-refractivity contribution in [3.63, 3.8) is 0 Å². The summed E-state index contributed by atoms with van der Waals surface area (Å²) < 4.78 is 0. The minimum atomic E-state index is -0.211. The predicted molar refractivity (Wildman–Crippen MR) is 106 cm³/mol. The number of nitrogens with one attached hydrogen (secondary N) is 2. The van der Waals surface area contributed by atoms with Gasteiger partial charge in [0, 0.05) is 18.4 Å². The van der Waals surface area contributed by atoms with Crippen LogP contribution in [0.1, 0.15) is 57.6 Å². The molecule has 2 aliphatic rings. The van der Waals surface area contributed by atoms with Crippen LogP contribution < -0.4 is 10.6 Å². The lowest BCUT2D eigenvalue weighted by Crippen LogP contribution is -2.39. The number of rotatable bonds is 4. The summed E-state index contributed by atoms with van der Waals surface area (Å²) in [5.41, 5.74) is 3.81. The van der Waals surface area contributed by atoms with Gasteiger partial charge in [-0.3, -0.25) is 4.79 Å². The molecule has 2 aromatic rings. The normalized spacial score (nSPS) is 24.2. The zero-order valence-electron chi connectivity index (χ0n) is 16.2. The molecule has 0 saturated heterocycles. The van der Waals surface area contributed by atoms with Crippen LogP contribution in [0.4, 0.5) is 5.82 Å². The molecule has 2 heterocycles. The van der Waals surface area contributed by atoms with Gasteiger partial charge >= 0.3 is 0 Å². The molecule has 138 valence electrons. The van der Waals surface area contributed by atoms with E-state index in [2.05, 4.69) is 62.6 Å². The summed E-state index contributed by atoms with van der Waals surface area (Å²) in [6.07, 6.45) is 2.98. The molecule has 1 aromatic carbocycles. The predicted octanol–water partition coefficient (Wildman–Crippen LogP) is 4.25. The third kappa shape index (κ3) is 3.55. The molecule has 2 N–H and O–H groups in total. The monoisotopic (exact) mass is 351 g/mol. The second kappa shape index (κ2) is 6.26. The summed E-state index contributed by atoms with van der Waals surface area (Å²) in [7, 11) is 0. The molecule has 0 bridgehead atoms. The Hall–Kier alpha value is -2.10. The fourth-order valence-corrected chi connectivity index (χ4v) is 3.81. The summed E-state index contributed by atoms with van der Waals surface area (Å²) in [5, 5.41) is 7.56. The van der Waals surface area contributed by atoms with Crippen molar-refractivity contribution in [1.82, 2.24) is 10.3 Å². The molecule has 26 heavy (non-hydrogen) atoms. The molecule has 1 aliphatic heterocycles. The average molecular weight is 351 g/mol. The van der Waals surface area contributed by atoms with Crippen molar-refractivity contribution in [2.24, 2.45) is 11.3 Å². The SMILES string of the molecule is CC1CC1c1ccc2nc3c(cc2c1)CC(C(=O)NCCC(C)(C)C)N3. The highest BCUT2D eigenvalue weighted by molar-refractivity contribution is 5.89. The lowest BCUT2D eigenvalue weighted by atomic mass is 9.92. The van der Waals surface area contributed by atoms with Gasteiger partial charge in [0.1, 0.15) is 11.9 Å². The van der Waals surface area contributed by atoms with E-state index in [1.165, 1.54) is 17.4 Å². The van der Waals surface area contributed by atoms with Gasteiger partial charge in [-0.15, -0.1) is 0 Å². The van der Waals surface area contributed by atoms with Crippen LogP contribution in [-0.2, 0) is 11.2 Å². The molecule has 4 rings (SSSR count). The number of hydrogen-bond donors (Lipinski definition) is 2. The van der Waals surface area contributed by atoms with E-state index < -0.39 is 0 Å². The quantitative estimate of drug-likeness (QED) is 0.866. The zero-order valence-corrected chi connectivity index (χ0v) is 16.2. The van der Waals surface area contributed by atoms with Crippen molar-refractivity contribution in [3.8, 4) is 0 Å². The van der Waals surface area contributed by atoms with E-state index in [-0.39, 0.29) is 17.4 Å². The topological polar surface area (TPSA) is 54.0 Å². The second-order valence-electron chi connectivity index (χ2n) is 9.27. The second-order valence-corrected chi connectivity index (χ2v) is 9.27. The Morgan fingerprint density at radius 2 is 2.08 bits per heavy atom. The van der Waals surface area contributed by atoms with Gasteiger partial charge in [-0.25, -0.2) is 4.98 Å². The molecule has 0 radical (unpaired) electrons. The molecular weight excluding hydrogens is 322 g/mol. The van der Waals surface area contributed by atoms with Crippen LogP contribution in [0.5, 0.6) is 0 Å². The number of benzene rings is 1. The van der Waals surface area contributed by atoms with E-state index in [0.29, 0.717) is 12.3 Å². The van der Waals surface area contributed by atoms with Gasteiger partial charge in [0.2, 0.25) is 5.91 Å². The first-order chi connectivity index (χ1) is 12.3. The summed E-state index contributed by atoms with van der Waals surface area (Å²) in [4.78, 5) is 17.2. The first kappa shape index (κ1) is 17.3. The van der Waals surface area contributed by atoms with Crippen LogP contribution in [-0.4, -0.2) is 23.5 Å². The zero-order chi connectivity index (χ0) is 18.5.